The Bertz CT molecular complexity index is 954. The fourth-order valence-corrected chi connectivity index (χ4v) is 3.59. The Balaban J connectivity index is 1.72. The Morgan fingerprint density at radius 1 is 1.11 bits per heavy atom. The minimum atomic E-state index is -4.01. The summed E-state index contributed by atoms with van der Waals surface area (Å²) >= 11 is 0. The van der Waals surface area contributed by atoms with Gasteiger partial charge in [-0.3, -0.25) is 15.0 Å². The summed E-state index contributed by atoms with van der Waals surface area (Å²) in [4.78, 5) is 15.1. The van der Waals surface area contributed by atoms with Crippen LogP contribution in [0.2, 0.25) is 0 Å². The monoisotopic (exact) mass is 405 g/mol. The molecular weight excluding hydrogens is 382 g/mol. The van der Waals surface area contributed by atoms with Gasteiger partial charge in [0.25, 0.3) is 5.69 Å². The van der Waals surface area contributed by atoms with Gasteiger partial charge in [0, 0.05) is 44.5 Å². The third-order valence-corrected chi connectivity index (χ3v) is 5.64. The zero-order valence-electron chi connectivity index (χ0n) is 15.5. The van der Waals surface area contributed by atoms with E-state index < -0.39 is 14.9 Å². The van der Waals surface area contributed by atoms with Gasteiger partial charge in [0.2, 0.25) is 10.0 Å². The molecule has 1 aliphatic heterocycles. The summed E-state index contributed by atoms with van der Waals surface area (Å²) in [7, 11) is -1.89. The Morgan fingerprint density at radius 3 is 2.32 bits per heavy atom. The number of sulfonamides is 1. The molecule has 0 unspecified atom stereocenters. The number of rotatable bonds is 6. The second-order valence-corrected chi connectivity index (χ2v) is 8.44. The molecule has 0 aliphatic carbocycles. The van der Waals surface area contributed by atoms with Crippen LogP contribution in [-0.2, 0) is 16.6 Å². The summed E-state index contributed by atoms with van der Waals surface area (Å²) in [5, 5.41) is 19.3. The quantitative estimate of drug-likeness (QED) is 0.554. The molecule has 28 heavy (non-hydrogen) atoms. The second-order valence-electron chi connectivity index (χ2n) is 6.88. The van der Waals surface area contributed by atoms with E-state index in [2.05, 4.69) is 22.2 Å². The molecule has 0 radical (unpaired) electrons. The largest absolute Gasteiger partial charge is 0.350 e. The fraction of sp³-hybridized carbons (Fsp3) is 0.333. The summed E-state index contributed by atoms with van der Waals surface area (Å²) in [6.45, 7) is 5.02. The molecule has 1 fully saturated rings. The number of likely N-dealkylation sites (N-methyl/N-ethyl adjacent to an activating group) is 1. The van der Waals surface area contributed by atoms with Gasteiger partial charge in [-0.15, -0.1) is 0 Å². The van der Waals surface area contributed by atoms with Crippen LogP contribution >= 0.6 is 0 Å². The number of nitrogens with one attached hydrogen (secondary N) is 1. The number of piperazine rings is 1. The lowest BCUT2D eigenvalue weighted by Gasteiger charge is -2.32. The van der Waals surface area contributed by atoms with Crippen LogP contribution in [0.5, 0.6) is 0 Å². The third-order valence-electron chi connectivity index (χ3n) is 4.73. The molecule has 9 nitrogen and oxygen atoms in total. The Kier molecular flexibility index (Phi) is 5.94. The van der Waals surface area contributed by atoms with Gasteiger partial charge in [0.1, 0.15) is 5.69 Å². The van der Waals surface area contributed by atoms with E-state index in [9.17, 15) is 18.5 Å². The number of nitro groups is 1. The van der Waals surface area contributed by atoms with E-state index in [1.165, 1.54) is 12.1 Å². The lowest BCUT2D eigenvalue weighted by molar-refractivity contribution is -0.384. The summed E-state index contributed by atoms with van der Waals surface area (Å²) in [5.74, 6) is 0. The number of anilines is 2. The first-order valence-electron chi connectivity index (χ1n) is 8.80. The van der Waals surface area contributed by atoms with Gasteiger partial charge in [0.05, 0.1) is 9.82 Å². The van der Waals surface area contributed by atoms with Crippen molar-refractivity contribution in [3.63, 3.8) is 0 Å². The number of nitrogens with zero attached hydrogens (tertiary/aromatic N) is 3. The van der Waals surface area contributed by atoms with Gasteiger partial charge in [-0.05, 0) is 36.9 Å². The predicted molar refractivity (Wildman–Crippen MR) is 107 cm³/mol. The van der Waals surface area contributed by atoms with E-state index in [0.29, 0.717) is 5.69 Å². The molecule has 0 bridgehead atoms. The van der Waals surface area contributed by atoms with Gasteiger partial charge < -0.3 is 10.2 Å². The van der Waals surface area contributed by atoms with Crippen LogP contribution in [0.4, 0.5) is 17.1 Å². The number of primary sulfonamides is 1. The van der Waals surface area contributed by atoms with Crippen molar-refractivity contribution in [3.05, 3.63) is 58.1 Å². The predicted octanol–water partition coefficient (Wildman–Crippen LogP) is 1.73. The van der Waals surface area contributed by atoms with Gasteiger partial charge in [-0.2, -0.15) is 0 Å². The van der Waals surface area contributed by atoms with Crippen molar-refractivity contribution < 1.29 is 13.3 Å². The van der Waals surface area contributed by atoms with Crippen molar-refractivity contribution in [2.24, 2.45) is 5.14 Å². The summed E-state index contributed by atoms with van der Waals surface area (Å²) in [5.41, 5.74) is 1.68. The minimum absolute atomic E-state index is 0.198. The van der Waals surface area contributed by atoms with Crippen molar-refractivity contribution in [1.29, 1.82) is 0 Å². The van der Waals surface area contributed by atoms with Crippen LogP contribution < -0.4 is 10.5 Å². The average Bonchev–Trinajstić information content (AvgIpc) is 2.64. The average molecular weight is 405 g/mol. The van der Waals surface area contributed by atoms with Crippen LogP contribution in [0.25, 0.3) is 0 Å². The van der Waals surface area contributed by atoms with Gasteiger partial charge in [-0.25, -0.2) is 13.6 Å². The maximum Gasteiger partial charge on any atom is 0.294 e. The molecule has 2 aromatic rings. The molecule has 3 rings (SSSR count). The van der Waals surface area contributed by atoms with Crippen molar-refractivity contribution in [2.45, 2.75) is 11.4 Å². The molecule has 3 N–H and O–H groups in total. The highest BCUT2D eigenvalue weighted by Crippen LogP contribution is 2.30. The Hall–Kier alpha value is -2.53. The molecule has 1 aliphatic rings. The van der Waals surface area contributed by atoms with Crippen molar-refractivity contribution in [1.82, 2.24) is 9.80 Å². The number of nitrogens with two attached hydrogens (primary N) is 1. The molecule has 0 saturated carbocycles. The highest BCUT2D eigenvalue weighted by Gasteiger charge is 2.19. The zero-order chi connectivity index (χ0) is 20.3. The van der Waals surface area contributed by atoms with Gasteiger partial charge >= 0.3 is 0 Å². The molecule has 0 spiro atoms. The standard InChI is InChI=1S/C18H23N5O4S/c1-21-8-10-22(11-9-21)13-14-2-4-15(5-3-14)20-17-7-6-16(28(19,26)27)12-18(17)23(24)25/h2-7,12,20H,8-11,13H2,1H3,(H2,19,26,27). The first kappa shape index (κ1) is 20.2. The van der Waals surface area contributed by atoms with Crippen LogP contribution in [-0.4, -0.2) is 56.4 Å². The van der Waals surface area contributed by atoms with Gasteiger partial charge in [-0.1, -0.05) is 12.1 Å². The molecule has 0 amide bonds. The van der Waals surface area contributed by atoms with Gasteiger partial charge in [0.15, 0.2) is 0 Å². The van der Waals surface area contributed by atoms with Crippen LogP contribution in [0.15, 0.2) is 47.4 Å². The van der Waals surface area contributed by atoms with Crippen molar-refractivity contribution >= 4 is 27.1 Å². The summed E-state index contributed by atoms with van der Waals surface area (Å²) in [6.07, 6.45) is 0. The summed E-state index contributed by atoms with van der Waals surface area (Å²) < 4.78 is 22.8. The SMILES string of the molecule is CN1CCN(Cc2ccc(Nc3ccc(S(N)(=O)=O)cc3[N+](=O)[O-])cc2)CC1. The Labute approximate surface area is 163 Å². The van der Waals surface area contributed by atoms with Crippen molar-refractivity contribution in [3.8, 4) is 0 Å². The lowest BCUT2D eigenvalue weighted by atomic mass is 10.1. The lowest BCUT2D eigenvalue weighted by Crippen LogP contribution is -2.43. The van der Waals surface area contributed by atoms with E-state index >= 15 is 0 Å². The smallest absolute Gasteiger partial charge is 0.294 e. The number of benzene rings is 2. The van der Waals surface area contributed by atoms with E-state index in [4.69, 9.17) is 5.14 Å². The molecule has 2 aromatic carbocycles. The van der Waals surface area contributed by atoms with E-state index in [-0.39, 0.29) is 16.3 Å². The molecule has 0 aromatic heterocycles. The van der Waals surface area contributed by atoms with E-state index in [1.54, 1.807) is 0 Å². The zero-order valence-corrected chi connectivity index (χ0v) is 16.4. The normalized spacial score (nSPS) is 16.1. The third kappa shape index (κ3) is 5.04. The fourth-order valence-electron chi connectivity index (χ4n) is 3.06. The maximum absolute atomic E-state index is 11.4. The van der Waals surface area contributed by atoms with Crippen LogP contribution in [0, 0.1) is 10.1 Å². The first-order chi connectivity index (χ1) is 13.2. The minimum Gasteiger partial charge on any atom is -0.350 e. The molecule has 0 atom stereocenters. The molecule has 10 heteroatoms. The van der Waals surface area contributed by atoms with Crippen LogP contribution in [0.1, 0.15) is 5.56 Å². The highest BCUT2D eigenvalue weighted by molar-refractivity contribution is 7.89. The Morgan fingerprint density at radius 2 is 1.75 bits per heavy atom. The second kappa shape index (κ2) is 8.23. The topological polar surface area (TPSA) is 122 Å². The highest BCUT2D eigenvalue weighted by atomic mass is 32.2. The maximum atomic E-state index is 11.4. The van der Waals surface area contributed by atoms with E-state index in [0.717, 1.165) is 44.4 Å². The van der Waals surface area contributed by atoms with Crippen LogP contribution in [0.3, 0.4) is 0 Å². The molecule has 150 valence electrons. The molecular formula is C18H23N5O4S. The number of nitro benzene ring substituents is 1. The number of hydrogen-bond donors (Lipinski definition) is 2. The molecule has 1 heterocycles. The molecule has 1 saturated heterocycles. The number of hydrogen-bond acceptors (Lipinski definition) is 7. The summed E-state index contributed by atoms with van der Waals surface area (Å²) in [6, 6.07) is 11.2. The van der Waals surface area contributed by atoms with E-state index in [1.807, 2.05) is 24.3 Å². The first-order valence-corrected chi connectivity index (χ1v) is 10.3. The van der Waals surface area contributed by atoms with Crippen molar-refractivity contribution in [2.75, 3.05) is 38.5 Å².